The summed E-state index contributed by atoms with van der Waals surface area (Å²) in [6.07, 6.45) is 2.39. The number of hydrogen-bond donors (Lipinski definition) is 2. The van der Waals surface area contributed by atoms with Crippen LogP contribution in [0.2, 0.25) is 0 Å². The van der Waals surface area contributed by atoms with E-state index in [0.29, 0.717) is 0 Å². The number of H-pyrrole nitrogens is 1. The maximum atomic E-state index is 10.1. The van der Waals surface area contributed by atoms with Crippen LogP contribution in [0.15, 0.2) is 30.5 Å². The van der Waals surface area contributed by atoms with E-state index in [2.05, 4.69) is 11.9 Å². The lowest BCUT2D eigenvalue weighted by Crippen LogP contribution is -1.99. The van der Waals surface area contributed by atoms with Gasteiger partial charge < -0.3 is 10.1 Å². The van der Waals surface area contributed by atoms with Crippen molar-refractivity contribution in [2.24, 2.45) is 0 Å². The van der Waals surface area contributed by atoms with Crippen LogP contribution in [-0.2, 0) is 0 Å². The Morgan fingerprint density at radius 2 is 2.25 bits per heavy atom. The van der Waals surface area contributed by atoms with Crippen molar-refractivity contribution in [3.05, 3.63) is 36.0 Å². The number of benzene rings is 1. The summed E-state index contributed by atoms with van der Waals surface area (Å²) in [4.78, 5) is 3.17. The van der Waals surface area contributed by atoms with Gasteiger partial charge in [0, 0.05) is 17.1 Å². The molecule has 0 aliphatic heterocycles. The zero-order chi connectivity index (χ0) is 11.4. The van der Waals surface area contributed by atoms with Crippen LogP contribution in [0.4, 0.5) is 0 Å². The average molecular weight is 235 g/mol. The molecular weight excluding hydrogens is 218 g/mol. The molecule has 2 aromatic rings. The first kappa shape index (κ1) is 11.6. The van der Waals surface area contributed by atoms with Crippen molar-refractivity contribution in [3.63, 3.8) is 0 Å². The molecule has 0 aliphatic rings. The molecule has 2 N–H and O–H groups in total. The molecule has 0 saturated heterocycles. The highest BCUT2D eigenvalue weighted by molar-refractivity contribution is 7.99. The van der Waals surface area contributed by atoms with Crippen molar-refractivity contribution < 1.29 is 5.11 Å². The number of aliphatic hydroxyl groups is 1. The second kappa shape index (κ2) is 5.41. The highest BCUT2D eigenvalue weighted by Crippen LogP contribution is 2.26. The number of aromatic nitrogens is 1. The molecule has 1 aromatic heterocycles. The van der Waals surface area contributed by atoms with Crippen molar-refractivity contribution in [3.8, 4) is 0 Å². The van der Waals surface area contributed by atoms with Crippen LogP contribution in [0.3, 0.4) is 0 Å². The fourth-order valence-corrected chi connectivity index (χ4v) is 2.57. The highest BCUT2D eigenvalue weighted by atomic mass is 32.2. The first-order chi connectivity index (χ1) is 7.83. The van der Waals surface area contributed by atoms with Gasteiger partial charge in [-0.1, -0.05) is 19.1 Å². The number of nitrogens with one attached hydrogen (secondary N) is 1. The molecule has 16 heavy (non-hydrogen) atoms. The zero-order valence-electron chi connectivity index (χ0n) is 9.44. The van der Waals surface area contributed by atoms with Gasteiger partial charge in [-0.05, 0) is 35.6 Å². The van der Waals surface area contributed by atoms with Gasteiger partial charge in [0.1, 0.15) is 0 Å². The summed E-state index contributed by atoms with van der Waals surface area (Å²) in [5.41, 5.74) is 2.13. The van der Waals surface area contributed by atoms with Crippen LogP contribution in [0.5, 0.6) is 0 Å². The van der Waals surface area contributed by atoms with Crippen molar-refractivity contribution in [2.45, 2.75) is 19.4 Å². The summed E-state index contributed by atoms with van der Waals surface area (Å²) in [6.45, 7) is 2.14. The minimum atomic E-state index is -0.349. The fourth-order valence-electron chi connectivity index (χ4n) is 1.90. The third-order valence-corrected chi connectivity index (χ3v) is 3.66. The van der Waals surface area contributed by atoms with E-state index >= 15 is 0 Å². The number of fused-ring (bicyclic) bond motifs is 1. The minimum Gasteiger partial charge on any atom is -0.388 e. The van der Waals surface area contributed by atoms with Crippen molar-refractivity contribution in [1.29, 1.82) is 0 Å². The van der Waals surface area contributed by atoms with E-state index in [1.54, 1.807) is 0 Å². The van der Waals surface area contributed by atoms with E-state index in [1.165, 1.54) is 0 Å². The van der Waals surface area contributed by atoms with Gasteiger partial charge in [0.15, 0.2) is 0 Å². The second-order valence-corrected chi connectivity index (χ2v) is 5.18. The Bertz CT molecular complexity index is 452. The van der Waals surface area contributed by atoms with E-state index < -0.39 is 0 Å². The summed E-state index contributed by atoms with van der Waals surface area (Å²) in [6, 6.07) is 8.06. The number of rotatable bonds is 5. The van der Waals surface area contributed by atoms with Gasteiger partial charge in [0.25, 0.3) is 0 Å². The smallest absolute Gasteiger partial charge is 0.0804 e. The Labute approximate surface area is 100 Å². The summed E-state index contributed by atoms with van der Waals surface area (Å²) >= 11 is 1.87. The van der Waals surface area contributed by atoms with E-state index in [9.17, 15) is 5.11 Å². The molecule has 0 bridgehead atoms. The summed E-state index contributed by atoms with van der Waals surface area (Å²) in [7, 11) is 0. The van der Waals surface area contributed by atoms with Crippen LogP contribution in [0, 0.1) is 0 Å². The van der Waals surface area contributed by atoms with Gasteiger partial charge in [0.05, 0.1) is 6.10 Å². The summed E-state index contributed by atoms with van der Waals surface area (Å²) < 4.78 is 0. The van der Waals surface area contributed by atoms with E-state index in [4.69, 9.17) is 0 Å². The monoisotopic (exact) mass is 235 g/mol. The molecule has 0 radical (unpaired) electrons. The van der Waals surface area contributed by atoms with Crippen LogP contribution >= 0.6 is 11.8 Å². The lowest BCUT2D eigenvalue weighted by atomic mass is 10.0. The Morgan fingerprint density at radius 1 is 1.38 bits per heavy atom. The molecule has 0 spiro atoms. The van der Waals surface area contributed by atoms with Crippen LogP contribution in [-0.4, -0.2) is 21.6 Å². The van der Waals surface area contributed by atoms with E-state index in [-0.39, 0.29) is 6.10 Å². The topological polar surface area (TPSA) is 36.0 Å². The minimum absolute atomic E-state index is 0.349. The predicted octanol–water partition coefficient (Wildman–Crippen LogP) is 3.34. The molecule has 1 heterocycles. The lowest BCUT2D eigenvalue weighted by molar-refractivity contribution is 0.176. The number of hydrogen-bond acceptors (Lipinski definition) is 2. The van der Waals surface area contributed by atoms with Crippen molar-refractivity contribution >= 4 is 22.7 Å². The Balaban J connectivity index is 2.15. The Hall–Kier alpha value is -0.930. The molecular formula is C13H17NOS. The van der Waals surface area contributed by atoms with Gasteiger partial charge >= 0.3 is 0 Å². The van der Waals surface area contributed by atoms with Gasteiger partial charge in [-0.25, -0.2) is 0 Å². The molecule has 0 amide bonds. The Kier molecular flexibility index (Phi) is 3.91. The first-order valence-electron chi connectivity index (χ1n) is 5.64. The molecule has 3 heteroatoms. The maximum Gasteiger partial charge on any atom is 0.0804 e. The predicted molar refractivity (Wildman–Crippen MR) is 70.9 cm³/mol. The van der Waals surface area contributed by atoms with Crippen molar-refractivity contribution in [2.75, 3.05) is 11.5 Å². The first-order valence-corrected chi connectivity index (χ1v) is 6.80. The van der Waals surface area contributed by atoms with Crippen LogP contribution in [0.1, 0.15) is 25.0 Å². The maximum absolute atomic E-state index is 10.1. The van der Waals surface area contributed by atoms with Crippen LogP contribution in [0.25, 0.3) is 10.9 Å². The third-order valence-electron chi connectivity index (χ3n) is 2.73. The van der Waals surface area contributed by atoms with Gasteiger partial charge in [-0.15, -0.1) is 0 Å². The van der Waals surface area contributed by atoms with E-state index in [1.807, 2.05) is 42.2 Å². The molecule has 2 rings (SSSR count). The van der Waals surface area contributed by atoms with Gasteiger partial charge in [-0.3, -0.25) is 0 Å². The Morgan fingerprint density at radius 3 is 3.06 bits per heavy atom. The van der Waals surface area contributed by atoms with Gasteiger partial charge in [-0.2, -0.15) is 11.8 Å². The van der Waals surface area contributed by atoms with E-state index in [0.717, 1.165) is 34.4 Å². The largest absolute Gasteiger partial charge is 0.388 e. The molecule has 0 fully saturated rings. The summed E-state index contributed by atoms with van der Waals surface area (Å²) in [5.74, 6) is 2.12. The fraction of sp³-hybridized carbons (Fsp3) is 0.385. The molecule has 1 aromatic carbocycles. The third kappa shape index (κ3) is 2.42. The molecule has 0 aliphatic carbocycles. The SMILES string of the molecule is CCSCCC(O)c1cccc2[nH]ccc12. The van der Waals surface area contributed by atoms with Gasteiger partial charge in [0.2, 0.25) is 0 Å². The molecule has 1 atom stereocenters. The van der Waals surface area contributed by atoms with Crippen molar-refractivity contribution in [1.82, 2.24) is 4.98 Å². The molecule has 2 nitrogen and oxygen atoms in total. The number of thioether (sulfide) groups is 1. The number of aromatic amines is 1. The standard InChI is InChI=1S/C13H17NOS/c1-2-16-9-7-13(15)11-4-3-5-12-10(11)6-8-14-12/h3-6,8,13-15H,2,7,9H2,1H3. The number of aliphatic hydroxyl groups excluding tert-OH is 1. The average Bonchev–Trinajstić information content (AvgIpc) is 2.76. The summed E-state index contributed by atoms with van der Waals surface area (Å²) in [5, 5.41) is 11.3. The zero-order valence-corrected chi connectivity index (χ0v) is 10.3. The molecule has 0 saturated carbocycles. The quantitative estimate of drug-likeness (QED) is 0.780. The molecule has 1 unspecified atom stereocenters. The van der Waals surface area contributed by atoms with Crippen LogP contribution < -0.4 is 0 Å². The highest BCUT2D eigenvalue weighted by Gasteiger charge is 2.10. The molecule has 86 valence electrons. The lowest BCUT2D eigenvalue weighted by Gasteiger charge is -2.11. The second-order valence-electron chi connectivity index (χ2n) is 3.79. The normalized spacial score (nSPS) is 13.1.